The topological polar surface area (TPSA) is 30.3 Å². The summed E-state index contributed by atoms with van der Waals surface area (Å²) in [5, 5.41) is 0. The van der Waals surface area contributed by atoms with E-state index < -0.39 is 0 Å². The van der Waals surface area contributed by atoms with Gasteiger partial charge in [0.15, 0.2) is 0 Å². The SMILES string of the molecule is CCOCCn1c(CCCCN(C)C)nc2ccccc21. The summed E-state index contributed by atoms with van der Waals surface area (Å²) in [5.74, 6) is 1.19. The first-order valence-corrected chi connectivity index (χ1v) is 7.89. The van der Waals surface area contributed by atoms with E-state index in [-0.39, 0.29) is 0 Å². The van der Waals surface area contributed by atoms with E-state index in [4.69, 9.17) is 9.72 Å². The predicted octanol–water partition coefficient (Wildman–Crippen LogP) is 2.96. The zero-order valence-electron chi connectivity index (χ0n) is 13.5. The number of benzene rings is 1. The monoisotopic (exact) mass is 289 g/mol. The molecule has 0 saturated heterocycles. The Morgan fingerprint density at radius 1 is 1.19 bits per heavy atom. The van der Waals surface area contributed by atoms with E-state index in [1.165, 1.54) is 24.2 Å². The smallest absolute Gasteiger partial charge is 0.109 e. The fraction of sp³-hybridized carbons (Fsp3) is 0.588. The molecule has 0 saturated carbocycles. The van der Waals surface area contributed by atoms with Crippen molar-refractivity contribution in [2.24, 2.45) is 0 Å². The molecule has 0 bridgehead atoms. The number of nitrogens with zero attached hydrogens (tertiary/aromatic N) is 3. The number of imidazole rings is 1. The second kappa shape index (κ2) is 8.15. The Morgan fingerprint density at radius 2 is 2.00 bits per heavy atom. The van der Waals surface area contributed by atoms with Gasteiger partial charge in [-0.3, -0.25) is 0 Å². The number of para-hydroxylation sites is 2. The van der Waals surface area contributed by atoms with Crippen LogP contribution in [-0.4, -0.2) is 48.3 Å². The van der Waals surface area contributed by atoms with E-state index in [9.17, 15) is 0 Å². The minimum Gasteiger partial charge on any atom is -0.380 e. The Kier molecular flexibility index (Phi) is 6.21. The number of aromatic nitrogens is 2. The maximum absolute atomic E-state index is 5.51. The van der Waals surface area contributed by atoms with Crippen LogP contribution in [0, 0.1) is 0 Å². The summed E-state index contributed by atoms with van der Waals surface area (Å²) in [6.45, 7) is 5.58. The van der Waals surface area contributed by atoms with Crippen molar-refractivity contribution in [3.63, 3.8) is 0 Å². The van der Waals surface area contributed by atoms with Crippen LogP contribution in [0.3, 0.4) is 0 Å². The normalized spacial score (nSPS) is 11.6. The van der Waals surface area contributed by atoms with E-state index in [1.807, 2.05) is 6.92 Å². The van der Waals surface area contributed by atoms with Gasteiger partial charge in [-0.15, -0.1) is 0 Å². The van der Waals surface area contributed by atoms with Crippen molar-refractivity contribution in [1.29, 1.82) is 0 Å². The molecule has 1 heterocycles. The van der Waals surface area contributed by atoms with E-state index >= 15 is 0 Å². The quantitative estimate of drug-likeness (QED) is 0.665. The molecule has 21 heavy (non-hydrogen) atoms. The van der Waals surface area contributed by atoms with Gasteiger partial charge < -0.3 is 14.2 Å². The molecule has 2 rings (SSSR count). The maximum Gasteiger partial charge on any atom is 0.109 e. The number of unbranched alkanes of at least 4 members (excludes halogenated alkanes) is 1. The van der Waals surface area contributed by atoms with Crippen LogP contribution in [-0.2, 0) is 17.7 Å². The highest BCUT2D eigenvalue weighted by atomic mass is 16.5. The summed E-state index contributed by atoms with van der Waals surface area (Å²) in [7, 11) is 4.24. The molecule has 4 heteroatoms. The molecule has 0 radical (unpaired) electrons. The van der Waals surface area contributed by atoms with Gasteiger partial charge in [0, 0.05) is 19.6 Å². The average molecular weight is 289 g/mol. The fourth-order valence-electron chi connectivity index (χ4n) is 2.58. The number of aryl methyl sites for hydroxylation is 1. The van der Waals surface area contributed by atoms with Gasteiger partial charge >= 0.3 is 0 Å². The average Bonchev–Trinajstić information content (AvgIpc) is 2.82. The van der Waals surface area contributed by atoms with E-state index in [0.717, 1.165) is 38.2 Å². The number of hydrogen-bond acceptors (Lipinski definition) is 3. The van der Waals surface area contributed by atoms with Gasteiger partial charge in [-0.1, -0.05) is 12.1 Å². The van der Waals surface area contributed by atoms with Crippen molar-refractivity contribution in [3.05, 3.63) is 30.1 Å². The number of hydrogen-bond donors (Lipinski definition) is 0. The molecule has 0 fully saturated rings. The molecule has 0 atom stereocenters. The zero-order valence-corrected chi connectivity index (χ0v) is 13.5. The highest BCUT2D eigenvalue weighted by Gasteiger charge is 2.09. The van der Waals surface area contributed by atoms with Crippen LogP contribution < -0.4 is 0 Å². The molecule has 0 amide bonds. The van der Waals surface area contributed by atoms with Crippen LogP contribution in [0.15, 0.2) is 24.3 Å². The molecule has 1 aromatic heterocycles. The van der Waals surface area contributed by atoms with Gasteiger partial charge in [0.05, 0.1) is 17.6 Å². The van der Waals surface area contributed by atoms with Gasteiger partial charge in [0.1, 0.15) is 5.82 Å². The lowest BCUT2D eigenvalue weighted by atomic mass is 10.2. The van der Waals surface area contributed by atoms with Crippen molar-refractivity contribution in [1.82, 2.24) is 14.5 Å². The summed E-state index contributed by atoms with van der Waals surface area (Å²) >= 11 is 0. The zero-order chi connectivity index (χ0) is 15.1. The van der Waals surface area contributed by atoms with Gasteiger partial charge in [-0.2, -0.15) is 0 Å². The second-order valence-electron chi connectivity index (χ2n) is 5.63. The molecule has 4 nitrogen and oxygen atoms in total. The Hall–Kier alpha value is -1.39. The van der Waals surface area contributed by atoms with Gasteiger partial charge in [-0.05, 0) is 52.5 Å². The summed E-state index contributed by atoms with van der Waals surface area (Å²) < 4.78 is 7.83. The van der Waals surface area contributed by atoms with Gasteiger partial charge in [0.2, 0.25) is 0 Å². The molecule has 0 aliphatic rings. The Labute approximate surface area is 127 Å². The predicted molar refractivity (Wildman–Crippen MR) is 87.7 cm³/mol. The van der Waals surface area contributed by atoms with Crippen LogP contribution in [0.2, 0.25) is 0 Å². The summed E-state index contributed by atoms with van der Waals surface area (Å²) in [4.78, 5) is 7.04. The van der Waals surface area contributed by atoms with Crippen LogP contribution in [0.5, 0.6) is 0 Å². The molecule has 0 spiro atoms. The van der Waals surface area contributed by atoms with Crippen LogP contribution in [0.4, 0.5) is 0 Å². The lowest BCUT2D eigenvalue weighted by Crippen LogP contribution is -2.14. The molecule has 2 aromatic rings. The van der Waals surface area contributed by atoms with Crippen LogP contribution >= 0.6 is 0 Å². The van der Waals surface area contributed by atoms with Crippen molar-refractivity contribution < 1.29 is 4.74 Å². The standard InChI is InChI=1S/C17H27N3O/c1-4-21-14-13-20-16-10-6-5-9-15(16)18-17(20)11-7-8-12-19(2)3/h5-6,9-10H,4,7-8,11-14H2,1-3H3. The van der Waals surface area contributed by atoms with Crippen molar-refractivity contribution in [2.45, 2.75) is 32.7 Å². The van der Waals surface area contributed by atoms with Crippen molar-refractivity contribution in [2.75, 3.05) is 33.9 Å². The molecule has 1 aromatic carbocycles. The minimum absolute atomic E-state index is 0.752. The molecule has 0 aliphatic heterocycles. The molecular weight excluding hydrogens is 262 g/mol. The second-order valence-corrected chi connectivity index (χ2v) is 5.63. The minimum atomic E-state index is 0.752. The van der Waals surface area contributed by atoms with Gasteiger partial charge in [0.25, 0.3) is 0 Å². The van der Waals surface area contributed by atoms with Crippen LogP contribution in [0.1, 0.15) is 25.6 Å². The Bertz CT molecular complexity index is 548. The third-order valence-corrected chi connectivity index (χ3v) is 3.65. The summed E-state index contributed by atoms with van der Waals surface area (Å²) in [6.07, 6.45) is 3.42. The number of rotatable bonds is 9. The first kappa shape index (κ1) is 16.0. The Morgan fingerprint density at radius 3 is 2.76 bits per heavy atom. The van der Waals surface area contributed by atoms with Gasteiger partial charge in [-0.25, -0.2) is 4.98 Å². The first-order valence-electron chi connectivity index (χ1n) is 7.89. The highest BCUT2D eigenvalue weighted by Crippen LogP contribution is 2.17. The molecule has 0 N–H and O–H groups in total. The third kappa shape index (κ3) is 4.55. The molecule has 0 unspecified atom stereocenters. The molecule has 0 aliphatic carbocycles. The number of ether oxygens (including phenoxy) is 1. The van der Waals surface area contributed by atoms with Crippen molar-refractivity contribution >= 4 is 11.0 Å². The first-order chi connectivity index (χ1) is 10.2. The Balaban J connectivity index is 2.07. The largest absolute Gasteiger partial charge is 0.380 e. The van der Waals surface area contributed by atoms with E-state index in [1.54, 1.807) is 0 Å². The molecular formula is C17H27N3O. The summed E-state index contributed by atoms with van der Waals surface area (Å²) in [5.41, 5.74) is 2.32. The van der Waals surface area contributed by atoms with Crippen LogP contribution in [0.25, 0.3) is 11.0 Å². The highest BCUT2D eigenvalue weighted by molar-refractivity contribution is 5.75. The van der Waals surface area contributed by atoms with E-state index in [2.05, 4.69) is 47.8 Å². The molecule has 116 valence electrons. The van der Waals surface area contributed by atoms with Crippen molar-refractivity contribution in [3.8, 4) is 0 Å². The lowest BCUT2D eigenvalue weighted by molar-refractivity contribution is 0.139. The summed E-state index contributed by atoms with van der Waals surface area (Å²) in [6, 6.07) is 8.38. The fourth-order valence-corrected chi connectivity index (χ4v) is 2.58. The maximum atomic E-state index is 5.51. The van der Waals surface area contributed by atoms with E-state index in [0.29, 0.717) is 0 Å². The third-order valence-electron chi connectivity index (χ3n) is 3.65. The lowest BCUT2D eigenvalue weighted by Gasteiger charge is -2.11. The number of fused-ring (bicyclic) bond motifs is 1.